The molecule has 2 N–H and O–H groups in total. The Morgan fingerprint density at radius 1 is 1.09 bits per heavy atom. The number of rotatable bonds is 5. The van der Waals surface area contributed by atoms with Crippen molar-refractivity contribution in [2.45, 2.75) is 65.6 Å². The number of fused-ring (bicyclic) bond motifs is 1. The Kier molecular flexibility index (Phi) is 5.60. The van der Waals surface area contributed by atoms with Crippen LogP contribution in [0.2, 0.25) is 5.02 Å². The molecule has 0 bridgehead atoms. The van der Waals surface area contributed by atoms with Crippen LogP contribution in [0.4, 0.5) is 5.69 Å². The lowest BCUT2D eigenvalue weighted by molar-refractivity contribution is -0.143. The van der Waals surface area contributed by atoms with E-state index in [0.29, 0.717) is 17.5 Å². The van der Waals surface area contributed by atoms with E-state index < -0.39 is 23.4 Å². The molecule has 0 spiro atoms. The molecule has 1 aromatic rings. The molecule has 2 saturated carbocycles. The van der Waals surface area contributed by atoms with E-state index in [-0.39, 0.29) is 40.1 Å². The van der Waals surface area contributed by atoms with Crippen LogP contribution >= 0.6 is 11.6 Å². The van der Waals surface area contributed by atoms with Gasteiger partial charge in [0.2, 0.25) is 11.8 Å². The second kappa shape index (κ2) is 7.87. The summed E-state index contributed by atoms with van der Waals surface area (Å²) in [5.41, 5.74) is 0.138. The Balaban J connectivity index is 1.57. The maximum Gasteiger partial charge on any atom is 0.253 e. The van der Waals surface area contributed by atoms with Crippen LogP contribution in [0.5, 0.6) is 0 Å². The second-order valence-electron chi connectivity index (χ2n) is 10.4. The average Bonchev–Trinajstić information content (AvgIpc) is 3.09. The first kappa shape index (κ1) is 22.8. The summed E-state index contributed by atoms with van der Waals surface area (Å²) in [6.07, 6.45) is 2.05. The van der Waals surface area contributed by atoms with Gasteiger partial charge in [-0.2, -0.15) is 0 Å². The van der Waals surface area contributed by atoms with Crippen LogP contribution in [0.1, 0.15) is 57.8 Å². The minimum absolute atomic E-state index is 0.0202. The molecule has 1 saturated heterocycles. The summed E-state index contributed by atoms with van der Waals surface area (Å²) in [4.78, 5) is 52.4. The molecule has 32 heavy (non-hydrogen) atoms. The molecule has 0 radical (unpaired) electrons. The highest BCUT2D eigenvalue weighted by atomic mass is 35.5. The van der Waals surface area contributed by atoms with Crippen molar-refractivity contribution in [3.8, 4) is 0 Å². The summed E-state index contributed by atoms with van der Waals surface area (Å²) in [6, 6.07) is 3.55. The van der Waals surface area contributed by atoms with Crippen LogP contribution in [0.15, 0.2) is 18.2 Å². The molecule has 0 aromatic heterocycles. The molecule has 172 valence electrons. The molecular weight excluding hydrogens is 430 g/mol. The summed E-state index contributed by atoms with van der Waals surface area (Å²) in [6.45, 7) is 8.64. The summed E-state index contributed by atoms with van der Waals surface area (Å²) >= 11 is 6.30. The molecule has 3 amide bonds. The molecule has 1 aliphatic heterocycles. The minimum atomic E-state index is -0.804. The predicted molar refractivity (Wildman–Crippen MR) is 121 cm³/mol. The first-order valence-corrected chi connectivity index (χ1v) is 11.5. The highest BCUT2D eigenvalue weighted by molar-refractivity contribution is 6.34. The average molecular weight is 460 g/mol. The number of halogens is 1. The smallest absolute Gasteiger partial charge is 0.253 e. The van der Waals surface area contributed by atoms with E-state index in [1.807, 2.05) is 20.8 Å². The Morgan fingerprint density at radius 3 is 2.31 bits per heavy atom. The lowest BCUT2D eigenvalue weighted by Crippen LogP contribution is -2.58. The van der Waals surface area contributed by atoms with Gasteiger partial charge in [-0.15, -0.1) is 0 Å². The van der Waals surface area contributed by atoms with Crippen molar-refractivity contribution in [1.29, 1.82) is 0 Å². The quantitative estimate of drug-likeness (QED) is 0.706. The minimum Gasteiger partial charge on any atom is -0.340 e. The van der Waals surface area contributed by atoms with E-state index in [1.54, 1.807) is 17.9 Å². The topological polar surface area (TPSA) is 95.6 Å². The number of hydrogen-bond donors (Lipinski definition) is 2. The fourth-order valence-electron chi connectivity index (χ4n) is 5.81. The van der Waals surface area contributed by atoms with Crippen molar-refractivity contribution in [3.05, 3.63) is 28.8 Å². The second-order valence-corrected chi connectivity index (χ2v) is 10.8. The molecular formula is C24H30ClN3O4. The Labute approximate surface area is 193 Å². The van der Waals surface area contributed by atoms with Gasteiger partial charge >= 0.3 is 0 Å². The van der Waals surface area contributed by atoms with Gasteiger partial charge in [-0.3, -0.25) is 19.2 Å². The maximum atomic E-state index is 13.8. The lowest BCUT2D eigenvalue weighted by Gasteiger charge is -2.37. The number of ketones is 1. The molecule has 6 unspecified atom stereocenters. The van der Waals surface area contributed by atoms with Crippen LogP contribution in [0.3, 0.4) is 0 Å². The van der Waals surface area contributed by atoms with Gasteiger partial charge in [0.25, 0.3) is 5.91 Å². The molecule has 8 heteroatoms. The van der Waals surface area contributed by atoms with Gasteiger partial charge in [0.1, 0.15) is 6.04 Å². The van der Waals surface area contributed by atoms with Gasteiger partial charge in [0, 0.05) is 18.7 Å². The largest absolute Gasteiger partial charge is 0.340 e. The number of amides is 3. The van der Waals surface area contributed by atoms with Crippen LogP contribution < -0.4 is 10.6 Å². The standard InChI is InChI=1S/C24H30ClN3O4/c1-11(29)19-15-8-9-16-18(15)20(16)28(19)23(32)21(24(3,4)5)27-22(31)14-7-6-13(10-17(14)25)26-12(2)30/h6-7,10,15-16,18-21H,8-9H2,1-5H3,(H,26,30)(H,27,31). The molecule has 4 rings (SSSR count). The third kappa shape index (κ3) is 3.81. The Hall–Kier alpha value is -2.41. The van der Waals surface area contributed by atoms with Gasteiger partial charge in [-0.25, -0.2) is 0 Å². The van der Waals surface area contributed by atoms with Gasteiger partial charge in [-0.05, 0) is 61.1 Å². The van der Waals surface area contributed by atoms with E-state index in [9.17, 15) is 19.2 Å². The summed E-state index contributed by atoms with van der Waals surface area (Å²) in [7, 11) is 0. The first-order valence-electron chi connectivity index (χ1n) is 11.1. The van der Waals surface area contributed by atoms with Crippen molar-refractivity contribution in [2.24, 2.45) is 23.2 Å². The number of carbonyl (C=O) groups is 4. The molecule has 7 nitrogen and oxygen atoms in total. The monoisotopic (exact) mass is 459 g/mol. The molecule has 1 aromatic carbocycles. The van der Waals surface area contributed by atoms with Crippen molar-refractivity contribution in [1.82, 2.24) is 10.2 Å². The van der Waals surface area contributed by atoms with Gasteiger partial charge in [0.05, 0.1) is 16.6 Å². The summed E-state index contributed by atoms with van der Waals surface area (Å²) in [5.74, 6) is 0.289. The number of carbonyl (C=O) groups excluding carboxylic acids is 4. The molecule has 3 aliphatic rings. The number of hydrogen-bond acceptors (Lipinski definition) is 4. The summed E-state index contributed by atoms with van der Waals surface area (Å²) in [5, 5.41) is 5.69. The van der Waals surface area contributed by atoms with Crippen LogP contribution in [0.25, 0.3) is 0 Å². The number of benzene rings is 1. The summed E-state index contributed by atoms with van der Waals surface area (Å²) < 4.78 is 0. The van der Waals surface area contributed by atoms with Gasteiger partial charge in [-0.1, -0.05) is 32.4 Å². The SMILES string of the molecule is CC(=O)Nc1ccc(C(=O)NC(C(=O)N2C(C(C)=O)C3CCC4C3C42)C(C)(C)C)c(Cl)c1. The number of nitrogens with one attached hydrogen (secondary N) is 2. The number of piperidine rings is 1. The van der Waals surface area contributed by atoms with E-state index in [0.717, 1.165) is 12.8 Å². The third-order valence-electron chi connectivity index (χ3n) is 7.13. The first-order chi connectivity index (χ1) is 14.9. The molecule has 1 heterocycles. The van der Waals surface area contributed by atoms with E-state index in [1.165, 1.54) is 19.1 Å². The maximum absolute atomic E-state index is 13.8. The number of nitrogens with zero attached hydrogens (tertiary/aromatic N) is 1. The van der Waals surface area contributed by atoms with Gasteiger partial charge in [0.15, 0.2) is 5.78 Å². The lowest BCUT2D eigenvalue weighted by atomic mass is 9.84. The van der Waals surface area contributed by atoms with Crippen molar-refractivity contribution >= 4 is 40.8 Å². The number of likely N-dealkylation sites (tertiary alicyclic amines) is 1. The van der Waals surface area contributed by atoms with Crippen LogP contribution in [-0.4, -0.2) is 46.5 Å². The van der Waals surface area contributed by atoms with Crippen molar-refractivity contribution < 1.29 is 19.2 Å². The Bertz CT molecular complexity index is 1000. The van der Waals surface area contributed by atoms with E-state index in [2.05, 4.69) is 10.6 Å². The zero-order chi connectivity index (χ0) is 23.5. The van der Waals surface area contributed by atoms with E-state index in [4.69, 9.17) is 11.6 Å². The zero-order valence-corrected chi connectivity index (χ0v) is 19.8. The Morgan fingerprint density at radius 2 is 1.75 bits per heavy atom. The highest BCUT2D eigenvalue weighted by Gasteiger charge is 2.71. The fraction of sp³-hybridized carbons (Fsp3) is 0.583. The number of Topliss-reactive ketones (excluding diaryl/α,β-unsaturated/α-hetero) is 1. The van der Waals surface area contributed by atoms with Crippen molar-refractivity contribution in [3.63, 3.8) is 0 Å². The normalized spacial score (nSPS) is 28.7. The molecule has 3 fully saturated rings. The van der Waals surface area contributed by atoms with Crippen LogP contribution in [-0.2, 0) is 14.4 Å². The molecule has 6 atom stereocenters. The predicted octanol–water partition coefficient (Wildman–Crippen LogP) is 3.27. The third-order valence-corrected chi connectivity index (χ3v) is 7.45. The van der Waals surface area contributed by atoms with Gasteiger partial charge < -0.3 is 15.5 Å². The highest BCUT2D eigenvalue weighted by Crippen LogP contribution is 2.65. The van der Waals surface area contributed by atoms with Crippen LogP contribution in [0, 0.1) is 23.2 Å². The fourth-order valence-corrected chi connectivity index (χ4v) is 6.08. The van der Waals surface area contributed by atoms with Crippen molar-refractivity contribution in [2.75, 3.05) is 5.32 Å². The number of anilines is 1. The zero-order valence-electron chi connectivity index (χ0n) is 19.1. The van der Waals surface area contributed by atoms with E-state index >= 15 is 0 Å². The molecule has 2 aliphatic carbocycles.